The highest BCUT2D eigenvalue weighted by Crippen LogP contribution is 2.16. The molecule has 1 aromatic heterocycles. The third-order valence-electron chi connectivity index (χ3n) is 2.54. The van der Waals surface area contributed by atoms with E-state index in [2.05, 4.69) is 14.7 Å². The van der Waals surface area contributed by atoms with Crippen LogP contribution in [0.1, 0.15) is 16.1 Å². The topological polar surface area (TPSA) is 105 Å². The van der Waals surface area contributed by atoms with Gasteiger partial charge < -0.3 is 15.8 Å². The van der Waals surface area contributed by atoms with Crippen LogP contribution in [0.25, 0.3) is 0 Å². The van der Waals surface area contributed by atoms with Crippen molar-refractivity contribution in [2.24, 2.45) is 10.9 Å². The van der Waals surface area contributed by atoms with Gasteiger partial charge in [0.2, 0.25) is 0 Å². The van der Waals surface area contributed by atoms with E-state index in [0.717, 1.165) is 11.5 Å². The fourth-order valence-corrected chi connectivity index (χ4v) is 1.89. The molecule has 19 heavy (non-hydrogen) atoms. The molecule has 2 aromatic rings. The Labute approximate surface area is 113 Å². The molecule has 1 amide bonds. The molecule has 1 aromatic carbocycles. The number of aromatic nitrogens is 2. The Morgan fingerprint density at radius 2 is 2.11 bits per heavy atom. The number of rotatable bonds is 3. The smallest absolute Gasteiger partial charge is 0.279 e. The molecule has 0 unspecified atom stereocenters. The molecule has 3 N–H and O–H groups in total. The highest BCUT2D eigenvalue weighted by atomic mass is 32.1. The normalized spacial score (nSPS) is 11.3. The van der Waals surface area contributed by atoms with Crippen LogP contribution in [-0.4, -0.2) is 33.6 Å². The fourth-order valence-electron chi connectivity index (χ4n) is 1.46. The number of carbonyl (C=O) groups excluding carboxylic acids is 1. The van der Waals surface area contributed by atoms with Crippen molar-refractivity contribution in [2.45, 2.75) is 0 Å². The first-order valence-electron chi connectivity index (χ1n) is 5.26. The SMILES string of the molecule is CN(C(=O)c1csnn1)c1ccc(C(N)=NO)cc1. The summed E-state index contributed by atoms with van der Waals surface area (Å²) in [6.45, 7) is 0. The number of oxime groups is 1. The molecule has 0 fully saturated rings. The zero-order chi connectivity index (χ0) is 13.8. The van der Waals surface area contributed by atoms with Crippen LogP contribution < -0.4 is 10.6 Å². The van der Waals surface area contributed by atoms with E-state index in [-0.39, 0.29) is 11.7 Å². The minimum Gasteiger partial charge on any atom is -0.409 e. The van der Waals surface area contributed by atoms with Crippen molar-refractivity contribution in [3.05, 3.63) is 40.9 Å². The van der Waals surface area contributed by atoms with Crippen LogP contribution in [0.15, 0.2) is 34.8 Å². The molecule has 98 valence electrons. The van der Waals surface area contributed by atoms with Gasteiger partial charge in [-0.15, -0.1) is 5.10 Å². The molecule has 0 aliphatic heterocycles. The van der Waals surface area contributed by atoms with Gasteiger partial charge in [0, 0.05) is 23.7 Å². The first kappa shape index (κ1) is 13.0. The van der Waals surface area contributed by atoms with Gasteiger partial charge in [0.25, 0.3) is 5.91 Å². The zero-order valence-electron chi connectivity index (χ0n) is 10.0. The standard InChI is InChI=1S/C11H11N5O2S/c1-16(11(17)9-6-19-15-13-9)8-4-2-7(3-5-8)10(12)14-18/h2-6,18H,1H3,(H2,12,14). The van der Waals surface area contributed by atoms with Gasteiger partial charge in [0.15, 0.2) is 11.5 Å². The van der Waals surface area contributed by atoms with Crippen LogP contribution >= 0.6 is 11.5 Å². The minimum atomic E-state index is -0.245. The van der Waals surface area contributed by atoms with E-state index in [1.165, 1.54) is 4.90 Å². The Bertz CT molecular complexity index is 594. The van der Waals surface area contributed by atoms with E-state index in [4.69, 9.17) is 10.9 Å². The second-order valence-electron chi connectivity index (χ2n) is 3.69. The summed E-state index contributed by atoms with van der Waals surface area (Å²) < 4.78 is 3.65. The number of nitrogens with zero attached hydrogens (tertiary/aromatic N) is 4. The van der Waals surface area contributed by atoms with Crippen molar-refractivity contribution < 1.29 is 10.0 Å². The number of amides is 1. The van der Waals surface area contributed by atoms with Gasteiger partial charge in [0.05, 0.1) is 0 Å². The summed E-state index contributed by atoms with van der Waals surface area (Å²) in [6, 6.07) is 6.72. The molecule has 1 heterocycles. The van der Waals surface area contributed by atoms with Crippen LogP contribution in [-0.2, 0) is 0 Å². The maximum Gasteiger partial charge on any atom is 0.279 e. The lowest BCUT2D eigenvalue weighted by Crippen LogP contribution is -2.26. The van der Waals surface area contributed by atoms with Gasteiger partial charge in [-0.2, -0.15) is 0 Å². The van der Waals surface area contributed by atoms with Crippen LogP contribution in [0.2, 0.25) is 0 Å². The number of hydrogen-bond acceptors (Lipinski definition) is 6. The molecule has 8 heteroatoms. The predicted octanol–water partition coefficient (Wildman–Crippen LogP) is 0.909. The number of hydrogen-bond donors (Lipinski definition) is 2. The van der Waals surface area contributed by atoms with Crippen LogP contribution in [0.5, 0.6) is 0 Å². The van der Waals surface area contributed by atoms with E-state index in [9.17, 15) is 4.79 Å². The zero-order valence-corrected chi connectivity index (χ0v) is 10.8. The third kappa shape index (κ3) is 2.68. The highest BCUT2D eigenvalue weighted by molar-refractivity contribution is 7.03. The van der Waals surface area contributed by atoms with Crippen molar-refractivity contribution in [1.29, 1.82) is 0 Å². The summed E-state index contributed by atoms with van der Waals surface area (Å²) in [5, 5.41) is 16.8. The Kier molecular flexibility index (Phi) is 3.71. The molecule has 0 radical (unpaired) electrons. The molecule has 0 atom stereocenters. The van der Waals surface area contributed by atoms with Gasteiger partial charge in [-0.25, -0.2) is 0 Å². The molecular weight excluding hydrogens is 266 g/mol. The molecule has 0 saturated heterocycles. The third-order valence-corrected chi connectivity index (χ3v) is 3.05. The number of nitrogens with two attached hydrogens (primary N) is 1. The molecule has 2 rings (SSSR count). The lowest BCUT2D eigenvalue weighted by Gasteiger charge is -2.16. The highest BCUT2D eigenvalue weighted by Gasteiger charge is 2.16. The summed E-state index contributed by atoms with van der Waals surface area (Å²) in [5.74, 6) is -0.227. The molecule has 0 bridgehead atoms. The quantitative estimate of drug-likeness (QED) is 0.375. The average Bonchev–Trinajstić information content (AvgIpc) is 2.99. The molecule has 0 saturated carbocycles. The Morgan fingerprint density at radius 3 is 2.63 bits per heavy atom. The molecule has 0 spiro atoms. The molecular formula is C11H11N5O2S. The van der Waals surface area contributed by atoms with E-state index in [0.29, 0.717) is 16.9 Å². The summed E-state index contributed by atoms with van der Waals surface area (Å²) >= 11 is 1.12. The minimum absolute atomic E-state index is 0.0178. The van der Waals surface area contributed by atoms with Gasteiger partial charge in [0.1, 0.15) is 0 Å². The molecule has 7 nitrogen and oxygen atoms in total. The first-order valence-corrected chi connectivity index (χ1v) is 6.10. The maximum atomic E-state index is 12.0. The van der Waals surface area contributed by atoms with Crippen LogP contribution in [0.4, 0.5) is 5.69 Å². The number of carbonyl (C=O) groups is 1. The van der Waals surface area contributed by atoms with Gasteiger partial charge in [-0.3, -0.25) is 4.79 Å². The maximum absolute atomic E-state index is 12.0. The second kappa shape index (κ2) is 5.44. The van der Waals surface area contributed by atoms with E-state index < -0.39 is 0 Å². The molecule has 0 aliphatic rings. The van der Waals surface area contributed by atoms with Gasteiger partial charge >= 0.3 is 0 Å². The van der Waals surface area contributed by atoms with Crippen molar-refractivity contribution in [3.63, 3.8) is 0 Å². The summed E-state index contributed by atoms with van der Waals surface area (Å²) in [7, 11) is 1.64. The van der Waals surface area contributed by atoms with Crippen LogP contribution in [0, 0.1) is 0 Å². The van der Waals surface area contributed by atoms with Crippen LogP contribution in [0.3, 0.4) is 0 Å². The second-order valence-corrected chi connectivity index (χ2v) is 4.30. The van der Waals surface area contributed by atoms with Gasteiger partial charge in [-0.05, 0) is 35.8 Å². The number of benzene rings is 1. The predicted molar refractivity (Wildman–Crippen MR) is 71.6 cm³/mol. The van der Waals surface area contributed by atoms with Crippen molar-refractivity contribution >= 4 is 29.0 Å². The van der Waals surface area contributed by atoms with Crippen molar-refractivity contribution in [2.75, 3.05) is 11.9 Å². The summed E-state index contributed by atoms with van der Waals surface area (Å²) in [5.41, 5.74) is 7.00. The Balaban J connectivity index is 2.20. The van der Waals surface area contributed by atoms with Crippen molar-refractivity contribution in [3.8, 4) is 0 Å². The van der Waals surface area contributed by atoms with E-state index in [1.807, 2.05) is 0 Å². The van der Waals surface area contributed by atoms with Crippen molar-refractivity contribution in [1.82, 2.24) is 9.59 Å². The molecule has 0 aliphatic carbocycles. The Morgan fingerprint density at radius 1 is 1.42 bits per heavy atom. The fraction of sp³-hybridized carbons (Fsp3) is 0.0909. The largest absolute Gasteiger partial charge is 0.409 e. The lowest BCUT2D eigenvalue weighted by atomic mass is 10.2. The summed E-state index contributed by atoms with van der Waals surface area (Å²) in [6.07, 6.45) is 0. The number of amidine groups is 1. The monoisotopic (exact) mass is 277 g/mol. The first-order chi connectivity index (χ1) is 9.13. The van der Waals surface area contributed by atoms with E-state index >= 15 is 0 Å². The average molecular weight is 277 g/mol. The van der Waals surface area contributed by atoms with E-state index in [1.54, 1.807) is 36.7 Å². The summed E-state index contributed by atoms with van der Waals surface area (Å²) in [4.78, 5) is 13.5. The number of anilines is 1. The van der Waals surface area contributed by atoms with Gasteiger partial charge in [-0.1, -0.05) is 9.64 Å². The Hall–Kier alpha value is -2.48. The lowest BCUT2D eigenvalue weighted by molar-refractivity contribution is 0.0988.